The van der Waals surface area contributed by atoms with Crippen LogP contribution in [0.25, 0.3) is 0 Å². The van der Waals surface area contributed by atoms with Gasteiger partial charge in [0.25, 0.3) is 0 Å². The average Bonchev–Trinajstić information content (AvgIpc) is 2.37. The van der Waals surface area contributed by atoms with Gasteiger partial charge in [-0.3, -0.25) is 0 Å². The molecule has 0 aliphatic rings. The van der Waals surface area contributed by atoms with Crippen LogP contribution in [0.15, 0.2) is 40.6 Å². The van der Waals surface area contributed by atoms with E-state index < -0.39 is 11.7 Å². The normalized spacial score (nSPS) is 14.5. The summed E-state index contributed by atoms with van der Waals surface area (Å²) in [5.41, 5.74) is -0.919. The standard InChI is InChI=1S/C12H16N2O3/c1-4-17-11(15)12(16-3,14-13-2)10-8-6-5-7-9-10/h5-9H,4H2,1-3H3. The molecule has 0 aliphatic carbocycles. The minimum atomic E-state index is -1.51. The lowest BCUT2D eigenvalue weighted by Crippen LogP contribution is -2.37. The number of benzene rings is 1. The Bertz CT molecular complexity index is 392. The third-order valence-electron chi connectivity index (χ3n) is 2.25. The third kappa shape index (κ3) is 2.68. The number of azo groups is 1. The van der Waals surface area contributed by atoms with Gasteiger partial charge >= 0.3 is 11.7 Å². The van der Waals surface area contributed by atoms with Crippen molar-refractivity contribution in [3.05, 3.63) is 35.9 Å². The van der Waals surface area contributed by atoms with Crippen molar-refractivity contribution < 1.29 is 14.3 Å². The van der Waals surface area contributed by atoms with Crippen LogP contribution in [0.2, 0.25) is 0 Å². The highest BCUT2D eigenvalue weighted by atomic mass is 16.6. The molecule has 92 valence electrons. The lowest BCUT2D eigenvalue weighted by Gasteiger charge is -2.24. The van der Waals surface area contributed by atoms with Crippen LogP contribution in [-0.2, 0) is 20.0 Å². The molecule has 0 N–H and O–H groups in total. The van der Waals surface area contributed by atoms with Crippen molar-refractivity contribution in [2.75, 3.05) is 20.8 Å². The van der Waals surface area contributed by atoms with E-state index in [9.17, 15) is 4.79 Å². The van der Waals surface area contributed by atoms with E-state index >= 15 is 0 Å². The van der Waals surface area contributed by atoms with Gasteiger partial charge in [0.05, 0.1) is 6.61 Å². The average molecular weight is 236 g/mol. The molecule has 5 heteroatoms. The summed E-state index contributed by atoms with van der Waals surface area (Å²) in [6.45, 7) is 1.99. The summed E-state index contributed by atoms with van der Waals surface area (Å²) in [7, 11) is 2.88. The van der Waals surface area contributed by atoms with Gasteiger partial charge in [-0.15, -0.1) is 5.11 Å². The Balaban J connectivity index is 3.22. The predicted octanol–water partition coefficient (Wildman–Crippen LogP) is 2.13. The highest BCUT2D eigenvalue weighted by molar-refractivity contribution is 5.81. The van der Waals surface area contributed by atoms with Crippen LogP contribution in [0.1, 0.15) is 12.5 Å². The summed E-state index contributed by atoms with van der Waals surface area (Å²) >= 11 is 0. The van der Waals surface area contributed by atoms with Gasteiger partial charge in [-0.1, -0.05) is 30.3 Å². The van der Waals surface area contributed by atoms with Crippen molar-refractivity contribution >= 4 is 5.97 Å². The van der Waals surface area contributed by atoms with Crippen molar-refractivity contribution in [3.63, 3.8) is 0 Å². The maximum absolute atomic E-state index is 12.0. The fourth-order valence-corrected chi connectivity index (χ4v) is 1.49. The lowest BCUT2D eigenvalue weighted by atomic mass is 10.0. The van der Waals surface area contributed by atoms with E-state index in [1.807, 2.05) is 6.07 Å². The van der Waals surface area contributed by atoms with E-state index in [2.05, 4.69) is 10.2 Å². The molecule has 0 heterocycles. The number of ether oxygens (including phenoxy) is 2. The molecule has 0 aliphatic heterocycles. The van der Waals surface area contributed by atoms with Crippen LogP contribution >= 0.6 is 0 Å². The predicted molar refractivity (Wildman–Crippen MR) is 62.5 cm³/mol. The first-order valence-electron chi connectivity index (χ1n) is 5.30. The number of rotatable bonds is 5. The molecule has 1 rings (SSSR count). The molecule has 0 saturated carbocycles. The number of hydrogen-bond acceptors (Lipinski definition) is 5. The van der Waals surface area contributed by atoms with Crippen molar-refractivity contribution in [2.24, 2.45) is 10.2 Å². The Labute approximate surface area is 100 Å². The molecule has 0 radical (unpaired) electrons. The second-order valence-electron chi connectivity index (χ2n) is 3.23. The Hall–Kier alpha value is -1.75. The van der Waals surface area contributed by atoms with Gasteiger partial charge in [0, 0.05) is 19.7 Å². The van der Waals surface area contributed by atoms with Gasteiger partial charge in [0.15, 0.2) is 0 Å². The molecule has 1 aromatic rings. The first-order valence-corrected chi connectivity index (χ1v) is 5.30. The van der Waals surface area contributed by atoms with Gasteiger partial charge in [-0.25, -0.2) is 4.79 Å². The molecule has 0 spiro atoms. The topological polar surface area (TPSA) is 60.2 Å². The molecule has 1 aromatic carbocycles. The maximum atomic E-state index is 12.0. The third-order valence-corrected chi connectivity index (χ3v) is 2.25. The molecule has 17 heavy (non-hydrogen) atoms. The summed E-state index contributed by atoms with van der Waals surface area (Å²) in [6, 6.07) is 8.93. The number of hydrogen-bond donors (Lipinski definition) is 0. The minimum Gasteiger partial charge on any atom is -0.462 e. The molecule has 0 aromatic heterocycles. The van der Waals surface area contributed by atoms with Gasteiger partial charge in [-0.2, -0.15) is 5.11 Å². The lowest BCUT2D eigenvalue weighted by molar-refractivity contribution is -0.170. The van der Waals surface area contributed by atoms with Crippen LogP contribution in [0.3, 0.4) is 0 Å². The van der Waals surface area contributed by atoms with Crippen molar-refractivity contribution in [3.8, 4) is 0 Å². The van der Waals surface area contributed by atoms with Crippen molar-refractivity contribution in [2.45, 2.75) is 12.6 Å². The van der Waals surface area contributed by atoms with Gasteiger partial charge < -0.3 is 9.47 Å². The summed E-state index contributed by atoms with van der Waals surface area (Å²) < 4.78 is 10.2. The first-order chi connectivity index (χ1) is 8.21. The number of nitrogens with zero attached hydrogens (tertiary/aromatic N) is 2. The fourth-order valence-electron chi connectivity index (χ4n) is 1.49. The Morgan fingerprint density at radius 1 is 1.35 bits per heavy atom. The minimum absolute atomic E-state index is 0.260. The Morgan fingerprint density at radius 3 is 2.47 bits per heavy atom. The number of carbonyl (C=O) groups is 1. The molecular formula is C12H16N2O3. The summed E-state index contributed by atoms with van der Waals surface area (Å²) in [6.07, 6.45) is 0. The van der Waals surface area contributed by atoms with E-state index in [1.165, 1.54) is 14.2 Å². The molecule has 1 unspecified atom stereocenters. The zero-order valence-electron chi connectivity index (χ0n) is 10.2. The molecule has 5 nitrogen and oxygen atoms in total. The number of esters is 1. The van der Waals surface area contributed by atoms with Crippen molar-refractivity contribution in [1.82, 2.24) is 0 Å². The number of carbonyl (C=O) groups excluding carboxylic acids is 1. The van der Waals surface area contributed by atoms with Gasteiger partial charge in [-0.05, 0) is 6.92 Å². The van der Waals surface area contributed by atoms with E-state index in [0.29, 0.717) is 5.56 Å². The van der Waals surface area contributed by atoms with Crippen LogP contribution in [0.5, 0.6) is 0 Å². The van der Waals surface area contributed by atoms with Crippen LogP contribution < -0.4 is 0 Å². The summed E-state index contributed by atoms with van der Waals surface area (Å²) in [4.78, 5) is 12.0. The highest BCUT2D eigenvalue weighted by Gasteiger charge is 2.42. The molecular weight excluding hydrogens is 220 g/mol. The molecule has 0 saturated heterocycles. The summed E-state index contributed by atoms with van der Waals surface area (Å²) in [5, 5.41) is 7.55. The van der Waals surface area contributed by atoms with E-state index in [4.69, 9.17) is 9.47 Å². The number of methoxy groups -OCH3 is 1. The second kappa shape index (κ2) is 6.10. The van der Waals surface area contributed by atoms with Crippen LogP contribution in [0.4, 0.5) is 0 Å². The van der Waals surface area contributed by atoms with Crippen LogP contribution in [0, 0.1) is 0 Å². The molecule has 0 bridgehead atoms. The molecule has 0 fully saturated rings. The van der Waals surface area contributed by atoms with E-state index in [-0.39, 0.29) is 6.61 Å². The molecule has 1 atom stereocenters. The zero-order chi connectivity index (χ0) is 12.7. The fraction of sp³-hybridized carbons (Fsp3) is 0.417. The van der Waals surface area contributed by atoms with Gasteiger partial charge in [0.2, 0.25) is 0 Å². The highest BCUT2D eigenvalue weighted by Crippen LogP contribution is 2.28. The molecule has 0 amide bonds. The summed E-state index contributed by atoms with van der Waals surface area (Å²) in [5.74, 6) is -0.570. The zero-order valence-corrected chi connectivity index (χ0v) is 10.2. The van der Waals surface area contributed by atoms with Gasteiger partial charge in [0.1, 0.15) is 0 Å². The monoisotopic (exact) mass is 236 g/mol. The Morgan fingerprint density at radius 2 is 2.00 bits per heavy atom. The van der Waals surface area contributed by atoms with E-state index in [1.54, 1.807) is 31.2 Å². The smallest absolute Gasteiger partial charge is 0.368 e. The maximum Gasteiger partial charge on any atom is 0.368 e. The largest absolute Gasteiger partial charge is 0.462 e. The van der Waals surface area contributed by atoms with Crippen LogP contribution in [-0.4, -0.2) is 26.7 Å². The second-order valence-corrected chi connectivity index (χ2v) is 3.23. The van der Waals surface area contributed by atoms with E-state index in [0.717, 1.165) is 0 Å². The first kappa shape index (κ1) is 13.3. The Kier molecular flexibility index (Phi) is 4.78. The SMILES string of the molecule is CCOC(=O)C(N=NC)(OC)c1ccccc1. The quantitative estimate of drug-likeness (QED) is 0.581. The van der Waals surface area contributed by atoms with Crippen molar-refractivity contribution in [1.29, 1.82) is 0 Å².